The highest BCUT2D eigenvalue weighted by Crippen LogP contribution is 2.28. The van der Waals surface area contributed by atoms with Crippen molar-refractivity contribution in [1.29, 1.82) is 5.26 Å². The molecule has 0 radical (unpaired) electrons. The highest BCUT2D eigenvalue weighted by Gasteiger charge is 2.16. The Morgan fingerprint density at radius 2 is 1.93 bits per heavy atom. The maximum atomic E-state index is 12.1. The monoisotopic (exact) mass is 414 g/mol. The van der Waals surface area contributed by atoms with Crippen molar-refractivity contribution >= 4 is 35.2 Å². The number of nitrogens with zero attached hydrogens (tertiary/aromatic N) is 1. The van der Waals surface area contributed by atoms with Gasteiger partial charge in [-0.3, -0.25) is 4.79 Å². The summed E-state index contributed by atoms with van der Waals surface area (Å²) in [6.45, 7) is 1.37. The number of nitrogens with one attached hydrogen (secondary N) is 1. The standard InChI is InChI=1S/C21H19ClN2O5/c1-14(21(26)24-17-7-5-16(22)6-8-17)29-20(25)10-4-15-3-9-18(28-12-11-23)19(13-15)27-2/h3-10,13-14H,12H2,1-2H3,(H,24,26)/b10-4+/t14-/m1/s1. The number of carbonyl (C=O) groups excluding carboxylic acids is 2. The molecule has 0 fully saturated rings. The van der Waals surface area contributed by atoms with Gasteiger partial charge in [0.15, 0.2) is 24.2 Å². The third-order valence-electron chi connectivity index (χ3n) is 3.67. The van der Waals surface area contributed by atoms with E-state index < -0.39 is 18.0 Å². The van der Waals surface area contributed by atoms with Gasteiger partial charge in [-0.05, 0) is 55.0 Å². The molecule has 2 aromatic rings. The summed E-state index contributed by atoms with van der Waals surface area (Å²) < 4.78 is 15.6. The molecule has 0 unspecified atom stereocenters. The third kappa shape index (κ3) is 6.87. The summed E-state index contributed by atoms with van der Waals surface area (Å²) in [6, 6.07) is 13.4. The molecule has 0 aromatic heterocycles. The fourth-order valence-electron chi connectivity index (χ4n) is 2.23. The van der Waals surface area contributed by atoms with E-state index in [0.717, 1.165) is 0 Å². The molecule has 0 spiro atoms. The van der Waals surface area contributed by atoms with Crippen molar-refractivity contribution in [2.45, 2.75) is 13.0 Å². The number of nitriles is 1. The van der Waals surface area contributed by atoms with Crippen molar-refractivity contribution in [3.63, 3.8) is 0 Å². The van der Waals surface area contributed by atoms with Gasteiger partial charge in [0.2, 0.25) is 0 Å². The number of methoxy groups -OCH3 is 1. The van der Waals surface area contributed by atoms with E-state index in [4.69, 9.17) is 31.1 Å². The number of ether oxygens (including phenoxy) is 3. The Balaban J connectivity index is 1.93. The van der Waals surface area contributed by atoms with Crippen molar-refractivity contribution < 1.29 is 23.8 Å². The molecule has 0 bridgehead atoms. The number of hydrogen-bond donors (Lipinski definition) is 1. The van der Waals surface area contributed by atoms with Gasteiger partial charge in [0.1, 0.15) is 6.07 Å². The predicted octanol–water partition coefficient (Wildman–Crippen LogP) is 3.83. The number of carbonyl (C=O) groups is 2. The van der Waals surface area contributed by atoms with Gasteiger partial charge < -0.3 is 19.5 Å². The molecule has 0 saturated carbocycles. The summed E-state index contributed by atoms with van der Waals surface area (Å²) in [5.74, 6) is -0.296. The first-order chi connectivity index (χ1) is 13.9. The molecule has 1 N–H and O–H groups in total. The fraction of sp³-hybridized carbons (Fsp3) is 0.190. The smallest absolute Gasteiger partial charge is 0.331 e. The van der Waals surface area contributed by atoms with Crippen molar-refractivity contribution in [2.75, 3.05) is 19.0 Å². The van der Waals surface area contributed by atoms with Crippen LogP contribution in [-0.4, -0.2) is 31.7 Å². The number of halogens is 1. The zero-order valence-electron chi connectivity index (χ0n) is 15.8. The molecule has 2 rings (SSSR count). The highest BCUT2D eigenvalue weighted by atomic mass is 35.5. The fourth-order valence-corrected chi connectivity index (χ4v) is 2.35. The van der Waals surface area contributed by atoms with Crippen LogP contribution in [0, 0.1) is 11.3 Å². The van der Waals surface area contributed by atoms with Gasteiger partial charge in [-0.15, -0.1) is 0 Å². The van der Waals surface area contributed by atoms with Gasteiger partial charge in [-0.2, -0.15) is 5.26 Å². The predicted molar refractivity (Wildman–Crippen MR) is 109 cm³/mol. The molecule has 1 atom stereocenters. The van der Waals surface area contributed by atoms with Crippen molar-refractivity contribution in [2.24, 2.45) is 0 Å². The molecule has 0 aliphatic rings. The first-order valence-corrected chi connectivity index (χ1v) is 8.93. The molecular formula is C21H19ClN2O5. The van der Waals surface area contributed by atoms with Crippen LogP contribution in [0.25, 0.3) is 6.08 Å². The molecule has 0 heterocycles. The summed E-state index contributed by atoms with van der Waals surface area (Å²) in [7, 11) is 1.47. The Kier molecular flexibility index (Phi) is 8.07. The zero-order chi connectivity index (χ0) is 21.2. The van der Waals surface area contributed by atoms with Crippen LogP contribution < -0.4 is 14.8 Å². The van der Waals surface area contributed by atoms with Gasteiger partial charge in [0.05, 0.1) is 7.11 Å². The van der Waals surface area contributed by atoms with Crippen LogP contribution in [0.5, 0.6) is 11.5 Å². The second-order valence-electron chi connectivity index (χ2n) is 5.77. The highest BCUT2D eigenvalue weighted by molar-refractivity contribution is 6.30. The molecule has 0 saturated heterocycles. The van der Waals surface area contributed by atoms with E-state index >= 15 is 0 Å². The molecular weight excluding hydrogens is 396 g/mol. The summed E-state index contributed by atoms with van der Waals surface area (Å²) in [5.41, 5.74) is 1.20. The van der Waals surface area contributed by atoms with Crippen molar-refractivity contribution in [3.8, 4) is 17.6 Å². The van der Waals surface area contributed by atoms with Gasteiger partial charge in [-0.1, -0.05) is 17.7 Å². The van der Waals surface area contributed by atoms with E-state index in [-0.39, 0.29) is 6.61 Å². The minimum absolute atomic E-state index is 0.103. The minimum atomic E-state index is -0.987. The Morgan fingerprint density at radius 3 is 2.59 bits per heavy atom. The largest absolute Gasteiger partial charge is 0.493 e. The second kappa shape index (κ2) is 10.7. The summed E-state index contributed by atoms with van der Waals surface area (Å²) >= 11 is 5.80. The minimum Gasteiger partial charge on any atom is -0.493 e. The normalized spacial score (nSPS) is 11.4. The van der Waals surface area contributed by atoms with Crippen molar-refractivity contribution in [3.05, 3.63) is 59.1 Å². The van der Waals surface area contributed by atoms with Gasteiger partial charge in [0, 0.05) is 16.8 Å². The summed E-state index contributed by atoms with van der Waals surface area (Å²) in [5, 5.41) is 11.8. The number of hydrogen-bond acceptors (Lipinski definition) is 6. The lowest BCUT2D eigenvalue weighted by Gasteiger charge is -2.12. The lowest BCUT2D eigenvalue weighted by atomic mass is 10.2. The second-order valence-corrected chi connectivity index (χ2v) is 6.20. The van der Waals surface area contributed by atoms with Gasteiger partial charge >= 0.3 is 5.97 Å². The molecule has 2 aromatic carbocycles. The van der Waals surface area contributed by atoms with Gasteiger partial charge in [0.25, 0.3) is 5.91 Å². The van der Waals surface area contributed by atoms with Crippen LogP contribution >= 0.6 is 11.6 Å². The van der Waals surface area contributed by atoms with E-state index in [1.165, 1.54) is 26.2 Å². The van der Waals surface area contributed by atoms with Crippen LogP contribution in [0.3, 0.4) is 0 Å². The van der Waals surface area contributed by atoms with Crippen LogP contribution in [0.2, 0.25) is 5.02 Å². The lowest BCUT2D eigenvalue weighted by molar-refractivity contribution is -0.148. The average Bonchev–Trinajstić information content (AvgIpc) is 2.72. The Labute approximate surface area is 173 Å². The Bertz CT molecular complexity index is 935. The van der Waals surface area contributed by atoms with E-state index in [0.29, 0.717) is 27.8 Å². The van der Waals surface area contributed by atoms with E-state index in [1.54, 1.807) is 42.5 Å². The molecule has 1 amide bonds. The molecule has 0 aliphatic carbocycles. The third-order valence-corrected chi connectivity index (χ3v) is 3.92. The maximum Gasteiger partial charge on any atom is 0.331 e. The van der Waals surface area contributed by atoms with Crippen molar-refractivity contribution in [1.82, 2.24) is 0 Å². The number of esters is 1. The SMILES string of the molecule is COc1cc(/C=C/C(=O)O[C@H](C)C(=O)Nc2ccc(Cl)cc2)ccc1OCC#N. The molecule has 29 heavy (non-hydrogen) atoms. The number of amides is 1. The van der Waals surface area contributed by atoms with Crippen LogP contribution in [0.1, 0.15) is 12.5 Å². The first-order valence-electron chi connectivity index (χ1n) is 8.56. The number of rotatable bonds is 8. The molecule has 150 valence electrons. The van der Waals surface area contributed by atoms with Crippen LogP contribution in [0.4, 0.5) is 5.69 Å². The number of anilines is 1. The first kappa shape index (κ1) is 21.8. The Hall–Kier alpha value is -3.50. The maximum absolute atomic E-state index is 12.1. The summed E-state index contributed by atoms with van der Waals surface area (Å²) in [4.78, 5) is 24.1. The van der Waals surface area contributed by atoms with E-state index in [1.807, 2.05) is 6.07 Å². The number of benzene rings is 2. The quantitative estimate of drug-likeness (QED) is 0.520. The van der Waals surface area contributed by atoms with Gasteiger partial charge in [-0.25, -0.2) is 4.79 Å². The van der Waals surface area contributed by atoms with Crippen LogP contribution in [0.15, 0.2) is 48.5 Å². The lowest BCUT2D eigenvalue weighted by Crippen LogP contribution is -2.29. The van der Waals surface area contributed by atoms with Crippen LogP contribution in [-0.2, 0) is 14.3 Å². The topological polar surface area (TPSA) is 97.7 Å². The Morgan fingerprint density at radius 1 is 1.21 bits per heavy atom. The van der Waals surface area contributed by atoms with E-state index in [2.05, 4.69) is 5.32 Å². The average molecular weight is 415 g/mol. The zero-order valence-corrected chi connectivity index (χ0v) is 16.6. The molecule has 8 heteroatoms. The summed E-state index contributed by atoms with van der Waals surface area (Å²) in [6.07, 6.45) is 1.73. The van der Waals surface area contributed by atoms with E-state index in [9.17, 15) is 9.59 Å². The molecule has 0 aliphatic heterocycles. The molecule has 7 nitrogen and oxygen atoms in total.